The number of hydrogen-bond donors (Lipinski definition) is 0. The Morgan fingerprint density at radius 1 is 1.41 bits per heavy atom. The van der Waals surface area contributed by atoms with Gasteiger partial charge in [-0.05, 0) is 18.5 Å². The molecule has 1 saturated heterocycles. The van der Waals surface area contributed by atoms with Crippen LogP contribution in [0.5, 0.6) is 0 Å². The molecule has 0 radical (unpaired) electrons. The van der Waals surface area contributed by atoms with Gasteiger partial charge >= 0.3 is 0 Å². The van der Waals surface area contributed by atoms with Crippen molar-refractivity contribution in [3.05, 3.63) is 33.8 Å². The third-order valence-corrected chi connectivity index (χ3v) is 3.73. The largest absolute Gasteiger partial charge is 0.344 e. The van der Waals surface area contributed by atoms with Crippen LogP contribution in [-0.4, -0.2) is 26.4 Å². The Bertz CT molecular complexity index is 416. The molecule has 92 valence electrons. The molecule has 2 atom stereocenters. The SMILES string of the molecule is BC[C@]1(c2ccc(Cl)cc2Cl)OC[C@@H](CCl)O1. The second-order valence-electron chi connectivity index (χ2n) is 3.94. The van der Waals surface area contributed by atoms with E-state index in [-0.39, 0.29) is 6.10 Å². The van der Waals surface area contributed by atoms with Crippen molar-refractivity contribution in [2.75, 3.05) is 12.5 Å². The van der Waals surface area contributed by atoms with Gasteiger partial charge in [0, 0.05) is 10.6 Å². The van der Waals surface area contributed by atoms with E-state index in [0.717, 1.165) is 5.56 Å². The van der Waals surface area contributed by atoms with Gasteiger partial charge in [-0.3, -0.25) is 0 Å². The third-order valence-electron chi connectivity index (χ3n) is 2.84. The minimum atomic E-state index is -0.790. The molecule has 1 aliphatic rings. The zero-order chi connectivity index (χ0) is 12.5. The summed E-state index contributed by atoms with van der Waals surface area (Å²) in [4.78, 5) is 0. The maximum absolute atomic E-state index is 6.19. The average molecular weight is 293 g/mol. The minimum absolute atomic E-state index is 0.0941. The summed E-state index contributed by atoms with van der Waals surface area (Å²) in [6.45, 7) is 0.482. The molecule has 17 heavy (non-hydrogen) atoms. The highest BCUT2D eigenvalue weighted by Crippen LogP contribution is 2.41. The van der Waals surface area contributed by atoms with Crippen LogP contribution in [0.25, 0.3) is 0 Å². The molecule has 6 heteroatoms. The van der Waals surface area contributed by atoms with Crippen LogP contribution in [-0.2, 0) is 15.3 Å². The summed E-state index contributed by atoms with van der Waals surface area (Å²) in [6, 6.07) is 5.31. The third kappa shape index (κ3) is 2.59. The van der Waals surface area contributed by atoms with E-state index in [1.54, 1.807) is 12.1 Å². The normalized spacial score (nSPS) is 28.5. The fourth-order valence-corrected chi connectivity index (χ4v) is 2.66. The second-order valence-corrected chi connectivity index (χ2v) is 5.09. The first-order valence-corrected chi connectivity index (χ1v) is 6.73. The van der Waals surface area contributed by atoms with Crippen molar-refractivity contribution in [1.82, 2.24) is 0 Å². The molecule has 0 aromatic heterocycles. The summed E-state index contributed by atoms with van der Waals surface area (Å²) in [5.41, 5.74) is 0.804. The summed E-state index contributed by atoms with van der Waals surface area (Å²) in [7, 11) is 1.99. The fourth-order valence-electron chi connectivity index (χ4n) is 1.96. The molecule has 1 fully saturated rings. The number of halogens is 3. The van der Waals surface area contributed by atoms with E-state index in [9.17, 15) is 0 Å². The lowest BCUT2D eigenvalue weighted by atomic mass is 9.90. The molecule has 0 unspecified atom stereocenters. The lowest BCUT2D eigenvalue weighted by molar-refractivity contribution is -0.158. The van der Waals surface area contributed by atoms with Crippen molar-refractivity contribution in [2.45, 2.75) is 18.2 Å². The van der Waals surface area contributed by atoms with Crippen LogP contribution >= 0.6 is 34.8 Å². The summed E-state index contributed by atoms with van der Waals surface area (Å²) in [5, 5.41) is 1.14. The zero-order valence-electron chi connectivity index (χ0n) is 9.38. The molecule has 1 aromatic rings. The van der Waals surface area contributed by atoms with Gasteiger partial charge in [0.1, 0.15) is 7.85 Å². The summed E-state index contributed by atoms with van der Waals surface area (Å²) < 4.78 is 11.6. The first-order chi connectivity index (χ1) is 8.11. The Labute approximate surface area is 117 Å². The smallest absolute Gasteiger partial charge is 0.189 e. The Kier molecular flexibility index (Phi) is 4.27. The van der Waals surface area contributed by atoms with Crippen molar-refractivity contribution in [3.8, 4) is 0 Å². The van der Waals surface area contributed by atoms with Gasteiger partial charge < -0.3 is 9.47 Å². The molecule has 0 N–H and O–H groups in total. The molecule has 1 aromatic carbocycles. The predicted octanol–water partition coefficient (Wildman–Crippen LogP) is 2.85. The van der Waals surface area contributed by atoms with E-state index in [1.165, 1.54) is 0 Å². The highest BCUT2D eigenvalue weighted by atomic mass is 35.5. The van der Waals surface area contributed by atoms with Gasteiger partial charge in [0.05, 0.1) is 23.6 Å². The molecule has 1 heterocycles. The number of alkyl halides is 1. The Hall–Kier alpha value is 0.0749. The molecule has 0 spiro atoms. The van der Waals surface area contributed by atoms with Crippen LogP contribution in [0.15, 0.2) is 18.2 Å². The van der Waals surface area contributed by atoms with E-state index in [2.05, 4.69) is 0 Å². The molecule has 2 nitrogen and oxygen atoms in total. The molecule has 2 rings (SSSR count). The first kappa shape index (κ1) is 13.5. The van der Waals surface area contributed by atoms with Gasteiger partial charge in [-0.2, -0.15) is 0 Å². The van der Waals surface area contributed by atoms with Crippen LogP contribution < -0.4 is 0 Å². The minimum Gasteiger partial charge on any atom is -0.344 e. The molecule has 0 amide bonds. The van der Waals surface area contributed by atoms with Crippen molar-refractivity contribution in [2.24, 2.45) is 0 Å². The van der Waals surface area contributed by atoms with Crippen LogP contribution in [0.4, 0.5) is 0 Å². The number of rotatable bonds is 3. The lowest BCUT2D eigenvalue weighted by Crippen LogP contribution is -2.28. The number of benzene rings is 1. The predicted molar refractivity (Wildman–Crippen MR) is 73.0 cm³/mol. The van der Waals surface area contributed by atoms with Crippen molar-refractivity contribution < 1.29 is 9.47 Å². The molecular formula is C11H12BCl3O2. The number of ether oxygens (including phenoxy) is 2. The van der Waals surface area contributed by atoms with Gasteiger partial charge in [-0.15, -0.1) is 11.6 Å². The molecule has 0 bridgehead atoms. The summed E-state index contributed by atoms with van der Waals surface area (Å²) in [6.07, 6.45) is 0.574. The van der Waals surface area contributed by atoms with Crippen LogP contribution in [0, 0.1) is 0 Å². The molecule has 0 aliphatic carbocycles. The van der Waals surface area contributed by atoms with Crippen LogP contribution in [0.1, 0.15) is 5.56 Å². The van der Waals surface area contributed by atoms with Gasteiger partial charge in [0.2, 0.25) is 0 Å². The standard InChI is InChI=1S/C11H12BCl3O2/c12-6-11(16-5-8(4-13)17-11)9-2-1-7(14)3-10(9)15/h1-3,8H,4-6,12H2/t8-,11+/m1/s1. The van der Waals surface area contributed by atoms with Crippen LogP contribution in [0.2, 0.25) is 16.4 Å². The fraction of sp³-hybridized carbons (Fsp3) is 0.455. The van der Waals surface area contributed by atoms with E-state index in [1.807, 2.05) is 13.9 Å². The van der Waals surface area contributed by atoms with Crippen molar-refractivity contribution >= 4 is 42.6 Å². The lowest BCUT2D eigenvalue weighted by Gasteiger charge is -2.28. The van der Waals surface area contributed by atoms with Gasteiger partial charge in [-0.1, -0.05) is 29.3 Å². The number of hydrogen-bond acceptors (Lipinski definition) is 2. The topological polar surface area (TPSA) is 18.5 Å². The van der Waals surface area contributed by atoms with Gasteiger partial charge in [0.25, 0.3) is 0 Å². The second kappa shape index (κ2) is 5.37. The van der Waals surface area contributed by atoms with Crippen LogP contribution in [0.3, 0.4) is 0 Å². The quantitative estimate of drug-likeness (QED) is 0.630. The van der Waals surface area contributed by atoms with E-state index < -0.39 is 5.79 Å². The monoisotopic (exact) mass is 292 g/mol. The Balaban J connectivity index is 2.35. The van der Waals surface area contributed by atoms with E-state index >= 15 is 0 Å². The maximum atomic E-state index is 6.19. The highest BCUT2D eigenvalue weighted by molar-refractivity contribution is 6.35. The molecular weight excluding hydrogens is 281 g/mol. The van der Waals surface area contributed by atoms with Crippen molar-refractivity contribution in [3.63, 3.8) is 0 Å². The Morgan fingerprint density at radius 2 is 2.18 bits per heavy atom. The highest BCUT2D eigenvalue weighted by Gasteiger charge is 2.42. The summed E-state index contributed by atoms with van der Waals surface area (Å²) >= 11 is 17.9. The van der Waals surface area contributed by atoms with Crippen molar-refractivity contribution in [1.29, 1.82) is 0 Å². The van der Waals surface area contributed by atoms with Gasteiger partial charge in [0.15, 0.2) is 5.79 Å². The average Bonchev–Trinajstić information content (AvgIpc) is 2.74. The molecule has 1 aliphatic heterocycles. The molecule has 0 saturated carbocycles. The first-order valence-electron chi connectivity index (χ1n) is 5.44. The zero-order valence-corrected chi connectivity index (χ0v) is 11.6. The van der Waals surface area contributed by atoms with Gasteiger partial charge in [-0.25, -0.2) is 0 Å². The Morgan fingerprint density at radius 3 is 2.71 bits per heavy atom. The maximum Gasteiger partial charge on any atom is 0.189 e. The van der Waals surface area contributed by atoms with E-state index in [4.69, 9.17) is 44.3 Å². The van der Waals surface area contributed by atoms with E-state index in [0.29, 0.717) is 28.9 Å². The summed E-state index contributed by atoms with van der Waals surface area (Å²) in [5.74, 6) is -0.381.